The fourth-order valence-corrected chi connectivity index (χ4v) is 5.03. The molecule has 0 saturated carbocycles. The van der Waals surface area contributed by atoms with Gasteiger partial charge in [-0.1, -0.05) is 0 Å². The second kappa shape index (κ2) is 8.22. The third kappa shape index (κ3) is 3.97. The number of halogens is 2. The van der Waals surface area contributed by atoms with Crippen molar-refractivity contribution in [2.45, 2.75) is 11.7 Å². The van der Waals surface area contributed by atoms with Crippen LogP contribution in [0.2, 0.25) is 0 Å². The predicted molar refractivity (Wildman–Crippen MR) is 112 cm³/mol. The molecule has 2 aromatic carbocycles. The molecule has 2 aliphatic heterocycles. The van der Waals surface area contributed by atoms with Gasteiger partial charge < -0.3 is 14.4 Å². The van der Waals surface area contributed by atoms with Crippen molar-refractivity contribution in [2.24, 2.45) is 0 Å². The molecule has 160 valence electrons. The Hall–Kier alpha value is -3.07. The van der Waals surface area contributed by atoms with Crippen LogP contribution >= 0.6 is 11.8 Å². The van der Waals surface area contributed by atoms with E-state index < -0.39 is 11.6 Å². The number of aromatic amines is 1. The number of nitrogens with zero attached hydrogens (tertiary/aromatic N) is 2. The lowest BCUT2D eigenvalue weighted by molar-refractivity contribution is 0.0760. The number of amides is 1. The largest absolute Gasteiger partial charge is 0.454 e. The van der Waals surface area contributed by atoms with Crippen molar-refractivity contribution in [3.8, 4) is 22.8 Å². The molecule has 9 heteroatoms. The number of benzene rings is 2. The Labute approximate surface area is 181 Å². The summed E-state index contributed by atoms with van der Waals surface area (Å²) in [5.41, 5.74) is 2.18. The van der Waals surface area contributed by atoms with Crippen LogP contribution in [0.15, 0.2) is 42.5 Å². The van der Waals surface area contributed by atoms with E-state index in [9.17, 15) is 13.6 Å². The molecule has 3 aromatic rings. The number of rotatable bonds is 3. The van der Waals surface area contributed by atoms with E-state index in [1.54, 1.807) is 11.0 Å². The van der Waals surface area contributed by atoms with E-state index in [-0.39, 0.29) is 18.0 Å². The number of ether oxygens (including phenoxy) is 2. The van der Waals surface area contributed by atoms with Crippen molar-refractivity contribution in [1.82, 2.24) is 15.1 Å². The molecule has 6 nitrogen and oxygen atoms in total. The number of nitrogens with one attached hydrogen (secondary N) is 1. The molecule has 1 fully saturated rings. The maximum Gasteiger partial charge on any atom is 0.271 e. The highest BCUT2D eigenvalue weighted by Crippen LogP contribution is 2.37. The summed E-state index contributed by atoms with van der Waals surface area (Å²) >= 11 is 1.54. The van der Waals surface area contributed by atoms with Crippen molar-refractivity contribution < 1.29 is 23.0 Å². The van der Waals surface area contributed by atoms with Crippen LogP contribution < -0.4 is 9.47 Å². The first-order chi connectivity index (χ1) is 15.1. The number of carbonyl (C=O) groups excluding carboxylic acids is 1. The van der Waals surface area contributed by atoms with Gasteiger partial charge >= 0.3 is 0 Å². The lowest BCUT2D eigenvalue weighted by atomic mass is 10.1. The lowest BCUT2D eigenvalue weighted by Gasteiger charge is -2.19. The molecule has 0 unspecified atom stereocenters. The molecular weight excluding hydrogens is 424 g/mol. The highest BCUT2D eigenvalue weighted by atomic mass is 32.2. The standard InChI is InChI=1S/C22H19F2N3O3S/c23-14-2-3-16(24)15(10-14)21-5-6-27(7-8-31-21)22(28)18-11-17(25-26-18)13-1-4-19-20(9-13)30-12-29-19/h1-4,9-11,21H,5-8,12H2,(H,25,26)/t21-/m0/s1. The van der Waals surface area contributed by atoms with Gasteiger partial charge in [0.25, 0.3) is 5.91 Å². The molecule has 2 aliphatic rings. The van der Waals surface area contributed by atoms with Crippen LogP contribution in [0.4, 0.5) is 8.78 Å². The van der Waals surface area contributed by atoms with E-state index in [4.69, 9.17) is 9.47 Å². The van der Waals surface area contributed by atoms with Crippen LogP contribution in [-0.4, -0.2) is 46.6 Å². The average molecular weight is 443 g/mol. The zero-order chi connectivity index (χ0) is 21.4. The van der Waals surface area contributed by atoms with Gasteiger partial charge in [0.2, 0.25) is 6.79 Å². The molecule has 0 spiro atoms. The van der Waals surface area contributed by atoms with Gasteiger partial charge in [-0.3, -0.25) is 9.89 Å². The summed E-state index contributed by atoms with van der Waals surface area (Å²) in [4.78, 5) is 14.7. The Bertz CT molecular complexity index is 1140. The Morgan fingerprint density at radius 1 is 1.10 bits per heavy atom. The molecule has 0 aliphatic carbocycles. The number of hydrogen-bond donors (Lipinski definition) is 1. The number of carbonyl (C=O) groups is 1. The van der Waals surface area contributed by atoms with Crippen LogP contribution in [0.5, 0.6) is 11.5 Å². The van der Waals surface area contributed by atoms with E-state index in [0.717, 1.165) is 17.7 Å². The molecule has 1 aromatic heterocycles. The topological polar surface area (TPSA) is 67.5 Å². The van der Waals surface area contributed by atoms with E-state index in [0.29, 0.717) is 53.7 Å². The Morgan fingerprint density at radius 2 is 1.97 bits per heavy atom. The number of H-pyrrole nitrogens is 1. The molecule has 1 amide bonds. The minimum Gasteiger partial charge on any atom is -0.454 e. The van der Waals surface area contributed by atoms with Gasteiger partial charge in [0.05, 0.1) is 5.69 Å². The number of hydrogen-bond acceptors (Lipinski definition) is 5. The second-order valence-electron chi connectivity index (χ2n) is 7.34. The normalized spacial score (nSPS) is 18.1. The third-order valence-electron chi connectivity index (χ3n) is 5.41. The molecule has 1 atom stereocenters. The zero-order valence-corrected chi connectivity index (χ0v) is 17.3. The van der Waals surface area contributed by atoms with E-state index in [1.807, 2.05) is 18.2 Å². The Kier molecular flexibility index (Phi) is 5.27. The average Bonchev–Trinajstić information content (AvgIpc) is 3.39. The van der Waals surface area contributed by atoms with E-state index >= 15 is 0 Å². The predicted octanol–water partition coefficient (Wildman–Crippen LogP) is 4.40. The van der Waals surface area contributed by atoms with Crippen LogP contribution in [0, 0.1) is 11.6 Å². The molecule has 1 saturated heterocycles. The summed E-state index contributed by atoms with van der Waals surface area (Å²) in [6.45, 7) is 1.16. The quantitative estimate of drug-likeness (QED) is 0.650. The van der Waals surface area contributed by atoms with Crippen LogP contribution in [-0.2, 0) is 0 Å². The van der Waals surface area contributed by atoms with Crippen LogP contribution in [0.1, 0.15) is 27.7 Å². The minimum atomic E-state index is -0.456. The first-order valence-corrected chi connectivity index (χ1v) is 10.9. The van der Waals surface area contributed by atoms with Gasteiger partial charge in [-0.05, 0) is 48.9 Å². The summed E-state index contributed by atoms with van der Waals surface area (Å²) < 4.78 is 38.5. The molecule has 0 bridgehead atoms. The third-order valence-corrected chi connectivity index (χ3v) is 6.72. The van der Waals surface area contributed by atoms with Crippen molar-refractivity contribution in [2.75, 3.05) is 25.6 Å². The summed E-state index contributed by atoms with van der Waals surface area (Å²) in [6, 6.07) is 10.7. The summed E-state index contributed by atoms with van der Waals surface area (Å²) in [5.74, 6) is 0.925. The van der Waals surface area contributed by atoms with Crippen molar-refractivity contribution in [1.29, 1.82) is 0 Å². The lowest BCUT2D eigenvalue weighted by Crippen LogP contribution is -2.33. The fraction of sp³-hybridized carbons (Fsp3) is 0.273. The van der Waals surface area contributed by atoms with Gasteiger partial charge in [-0.25, -0.2) is 8.78 Å². The SMILES string of the molecule is O=C(c1cc(-c2ccc3c(c2)OCO3)n[nH]1)N1CCS[C@H](c2cc(F)ccc2F)CC1. The minimum absolute atomic E-state index is 0.166. The van der Waals surface area contributed by atoms with Crippen LogP contribution in [0.25, 0.3) is 11.3 Å². The van der Waals surface area contributed by atoms with Crippen molar-refractivity contribution >= 4 is 17.7 Å². The Morgan fingerprint density at radius 3 is 2.87 bits per heavy atom. The van der Waals surface area contributed by atoms with Gasteiger partial charge in [0.1, 0.15) is 17.3 Å². The first-order valence-electron chi connectivity index (χ1n) is 9.90. The fourth-order valence-electron chi connectivity index (χ4n) is 3.79. The Balaban J connectivity index is 1.29. The molecule has 5 rings (SSSR count). The van der Waals surface area contributed by atoms with Crippen LogP contribution in [0.3, 0.4) is 0 Å². The van der Waals surface area contributed by atoms with Gasteiger partial charge in [-0.2, -0.15) is 16.9 Å². The highest BCUT2D eigenvalue weighted by molar-refractivity contribution is 7.99. The molecular formula is C22H19F2N3O3S. The summed E-state index contributed by atoms with van der Waals surface area (Å²) in [6.07, 6.45) is 0.542. The summed E-state index contributed by atoms with van der Waals surface area (Å²) in [7, 11) is 0. The van der Waals surface area contributed by atoms with Gasteiger partial charge in [0.15, 0.2) is 11.5 Å². The van der Waals surface area contributed by atoms with E-state index in [2.05, 4.69) is 10.2 Å². The maximum atomic E-state index is 14.2. The monoisotopic (exact) mass is 443 g/mol. The van der Waals surface area contributed by atoms with Gasteiger partial charge in [-0.15, -0.1) is 0 Å². The highest BCUT2D eigenvalue weighted by Gasteiger charge is 2.26. The van der Waals surface area contributed by atoms with Crippen molar-refractivity contribution in [3.05, 3.63) is 65.4 Å². The first kappa shape index (κ1) is 19.9. The molecule has 0 radical (unpaired) electrons. The number of aromatic nitrogens is 2. The zero-order valence-electron chi connectivity index (χ0n) is 16.4. The maximum absolute atomic E-state index is 14.2. The van der Waals surface area contributed by atoms with Gasteiger partial charge in [0, 0.05) is 35.2 Å². The number of thioether (sulfide) groups is 1. The smallest absolute Gasteiger partial charge is 0.271 e. The second-order valence-corrected chi connectivity index (χ2v) is 8.65. The molecule has 1 N–H and O–H groups in total. The van der Waals surface area contributed by atoms with E-state index in [1.165, 1.54) is 17.8 Å². The number of fused-ring (bicyclic) bond motifs is 1. The summed E-state index contributed by atoms with van der Waals surface area (Å²) in [5, 5.41) is 6.89. The van der Waals surface area contributed by atoms with Crippen molar-refractivity contribution in [3.63, 3.8) is 0 Å². The molecule has 31 heavy (non-hydrogen) atoms. The molecule has 3 heterocycles.